The van der Waals surface area contributed by atoms with Gasteiger partial charge in [-0.15, -0.1) is 0 Å². The van der Waals surface area contributed by atoms with Crippen LogP contribution in [-0.2, 0) is 9.59 Å². The highest BCUT2D eigenvalue weighted by Gasteiger charge is 2.65. The van der Waals surface area contributed by atoms with Crippen molar-refractivity contribution < 1.29 is 14.7 Å². The highest BCUT2D eigenvalue weighted by atomic mass is 16.4. The van der Waals surface area contributed by atoms with Gasteiger partial charge in [-0.25, -0.2) is 0 Å². The molecule has 4 nitrogen and oxygen atoms in total. The maximum absolute atomic E-state index is 12.4. The summed E-state index contributed by atoms with van der Waals surface area (Å²) in [7, 11) is 0. The molecule has 0 heterocycles. The van der Waals surface area contributed by atoms with Crippen LogP contribution in [0.1, 0.15) is 44.4 Å². The number of aryl methyl sites for hydroxylation is 1. The number of carbonyl (C=O) groups is 2. The predicted molar refractivity (Wildman–Crippen MR) is 80.8 cm³/mol. The van der Waals surface area contributed by atoms with E-state index in [2.05, 4.69) is 5.32 Å². The van der Waals surface area contributed by atoms with Crippen molar-refractivity contribution in [2.75, 3.05) is 0 Å². The van der Waals surface area contributed by atoms with E-state index in [9.17, 15) is 9.59 Å². The summed E-state index contributed by atoms with van der Waals surface area (Å²) >= 11 is 0. The van der Waals surface area contributed by atoms with Crippen LogP contribution in [0.25, 0.3) is 0 Å². The van der Waals surface area contributed by atoms with E-state index < -0.39 is 23.2 Å². The Morgan fingerprint density at radius 1 is 1.24 bits per heavy atom. The molecule has 1 fully saturated rings. The van der Waals surface area contributed by atoms with Crippen LogP contribution in [0.15, 0.2) is 24.3 Å². The van der Waals surface area contributed by atoms with Gasteiger partial charge in [-0.2, -0.15) is 0 Å². The SMILES string of the molecule is CCC(NC(=O)C1C(C(=O)O)C1(C)C)c1ccc(C)cc1. The van der Waals surface area contributed by atoms with Gasteiger partial charge in [0, 0.05) is 0 Å². The zero-order chi connectivity index (χ0) is 15.8. The van der Waals surface area contributed by atoms with E-state index in [0.29, 0.717) is 0 Å². The molecule has 3 atom stereocenters. The average molecular weight is 289 g/mol. The maximum Gasteiger partial charge on any atom is 0.307 e. The Hall–Kier alpha value is -1.84. The van der Waals surface area contributed by atoms with Crippen molar-refractivity contribution >= 4 is 11.9 Å². The van der Waals surface area contributed by atoms with Gasteiger partial charge < -0.3 is 10.4 Å². The van der Waals surface area contributed by atoms with E-state index in [4.69, 9.17) is 5.11 Å². The topological polar surface area (TPSA) is 66.4 Å². The molecule has 1 aromatic rings. The van der Waals surface area contributed by atoms with Crippen molar-refractivity contribution in [1.29, 1.82) is 0 Å². The minimum Gasteiger partial charge on any atom is -0.481 e. The lowest BCUT2D eigenvalue weighted by molar-refractivity contribution is -0.140. The van der Waals surface area contributed by atoms with Crippen molar-refractivity contribution in [3.8, 4) is 0 Å². The zero-order valence-corrected chi connectivity index (χ0v) is 13.0. The number of aliphatic carboxylic acids is 1. The molecule has 0 bridgehead atoms. The fraction of sp³-hybridized carbons (Fsp3) is 0.529. The van der Waals surface area contributed by atoms with Gasteiger partial charge in [0.1, 0.15) is 0 Å². The summed E-state index contributed by atoms with van der Waals surface area (Å²) in [4.78, 5) is 23.5. The lowest BCUT2D eigenvalue weighted by Crippen LogP contribution is -2.31. The van der Waals surface area contributed by atoms with Crippen LogP contribution < -0.4 is 5.32 Å². The lowest BCUT2D eigenvalue weighted by Gasteiger charge is -2.18. The number of carbonyl (C=O) groups excluding carboxylic acids is 1. The normalized spacial score (nSPS) is 24.2. The Bertz CT molecular complexity index is 548. The third-order valence-corrected chi connectivity index (χ3v) is 4.58. The molecule has 0 aliphatic heterocycles. The Morgan fingerprint density at radius 3 is 2.24 bits per heavy atom. The largest absolute Gasteiger partial charge is 0.481 e. The number of nitrogens with one attached hydrogen (secondary N) is 1. The molecule has 2 rings (SSSR count). The Balaban J connectivity index is 2.08. The van der Waals surface area contributed by atoms with Crippen LogP contribution >= 0.6 is 0 Å². The molecule has 0 spiro atoms. The third-order valence-electron chi connectivity index (χ3n) is 4.58. The van der Waals surface area contributed by atoms with Gasteiger partial charge in [-0.1, -0.05) is 50.6 Å². The van der Waals surface area contributed by atoms with Gasteiger partial charge in [-0.05, 0) is 24.3 Å². The van der Waals surface area contributed by atoms with Gasteiger partial charge >= 0.3 is 5.97 Å². The van der Waals surface area contributed by atoms with Crippen molar-refractivity contribution in [3.63, 3.8) is 0 Å². The molecule has 3 unspecified atom stereocenters. The predicted octanol–water partition coefficient (Wildman–Crippen LogP) is 2.92. The summed E-state index contributed by atoms with van der Waals surface area (Å²) in [5.74, 6) is -2.05. The molecule has 0 aromatic heterocycles. The standard InChI is InChI=1S/C17H23NO3/c1-5-12(11-8-6-10(2)7-9-11)18-15(19)13-14(16(20)21)17(13,3)4/h6-9,12-14H,5H2,1-4H3,(H,18,19)(H,20,21). The molecule has 1 aliphatic carbocycles. The smallest absolute Gasteiger partial charge is 0.307 e. The minimum absolute atomic E-state index is 0.0658. The van der Waals surface area contributed by atoms with Crippen LogP contribution in [0, 0.1) is 24.2 Å². The maximum atomic E-state index is 12.4. The van der Waals surface area contributed by atoms with Gasteiger partial charge in [0.2, 0.25) is 5.91 Å². The van der Waals surface area contributed by atoms with E-state index in [-0.39, 0.29) is 11.9 Å². The molecular formula is C17H23NO3. The fourth-order valence-corrected chi connectivity index (χ4v) is 3.07. The van der Waals surface area contributed by atoms with Gasteiger partial charge in [-0.3, -0.25) is 9.59 Å². The lowest BCUT2D eigenvalue weighted by atomic mass is 10.0. The van der Waals surface area contributed by atoms with E-state index in [0.717, 1.165) is 12.0 Å². The second-order valence-corrected chi connectivity index (χ2v) is 6.50. The average Bonchev–Trinajstić information content (AvgIpc) is 3.00. The molecule has 1 aliphatic rings. The molecule has 21 heavy (non-hydrogen) atoms. The zero-order valence-electron chi connectivity index (χ0n) is 13.0. The number of benzene rings is 1. The Morgan fingerprint density at radius 2 is 1.81 bits per heavy atom. The monoisotopic (exact) mass is 289 g/mol. The van der Waals surface area contributed by atoms with Crippen molar-refractivity contribution in [2.24, 2.45) is 17.3 Å². The molecule has 114 valence electrons. The Kier molecular flexibility index (Phi) is 4.08. The van der Waals surface area contributed by atoms with E-state index in [1.54, 1.807) is 0 Å². The van der Waals surface area contributed by atoms with Crippen molar-refractivity contribution in [1.82, 2.24) is 5.32 Å². The van der Waals surface area contributed by atoms with Gasteiger partial charge in [0.15, 0.2) is 0 Å². The van der Waals surface area contributed by atoms with Gasteiger partial charge in [0.25, 0.3) is 0 Å². The first-order chi connectivity index (χ1) is 9.78. The molecule has 4 heteroatoms. The number of carboxylic acid groups (broad SMARTS) is 1. The first-order valence-electron chi connectivity index (χ1n) is 7.38. The number of hydrogen-bond donors (Lipinski definition) is 2. The highest BCUT2D eigenvalue weighted by Crippen LogP contribution is 2.58. The number of hydrogen-bond acceptors (Lipinski definition) is 2. The number of rotatable bonds is 5. The fourth-order valence-electron chi connectivity index (χ4n) is 3.07. The third kappa shape index (κ3) is 2.94. The number of amides is 1. The molecule has 2 N–H and O–H groups in total. The summed E-state index contributed by atoms with van der Waals surface area (Å²) in [5.41, 5.74) is 1.78. The second-order valence-electron chi connectivity index (χ2n) is 6.50. The summed E-state index contributed by atoms with van der Waals surface area (Å²) < 4.78 is 0. The summed E-state index contributed by atoms with van der Waals surface area (Å²) in [5, 5.41) is 12.2. The highest BCUT2D eigenvalue weighted by molar-refractivity contribution is 5.91. The summed E-state index contributed by atoms with van der Waals surface area (Å²) in [6, 6.07) is 7.99. The van der Waals surface area contributed by atoms with Crippen LogP contribution in [-0.4, -0.2) is 17.0 Å². The summed E-state index contributed by atoms with van der Waals surface area (Å²) in [6.45, 7) is 7.71. The van der Waals surface area contributed by atoms with Crippen molar-refractivity contribution in [3.05, 3.63) is 35.4 Å². The van der Waals surface area contributed by atoms with E-state index in [1.165, 1.54) is 5.56 Å². The van der Waals surface area contributed by atoms with Crippen LogP contribution in [0.5, 0.6) is 0 Å². The Labute approximate surface area is 125 Å². The van der Waals surface area contributed by atoms with Gasteiger partial charge in [0.05, 0.1) is 17.9 Å². The molecule has 1 aromatic carbocycles. The van der Waals surface area contributed by atoms with Crippen LogP contribution in [0.4, 0.5) is 0 Å². The summed E-state index contributed by atoms with van der Waals surface area (Å²) in [6.07, 6.45) is 0.777. The van der Waals surface area contributed by atoms with Crippen LogP contribution in [0.2, 0.25) is 0 Å². The first-order valence-corrected chi connectivity index (χ1v) is 7.38. The molecule has 1 saturated carbocycles. The molecule has 0 saturated heterocycles. The quantitative estimate of drug-likeness (QED) is 0.876. The minimum atomic E-state index is -0.886. The molecule has 1 amide bonds. The van der Waals surface area contributed by atoms with E-state index >= 15 is 0 Å². The van der Waals surface area contributed by atoms with Crippen molar-refractivity contribution in [2.45, 2.75) is 40.2 Å². The van der Waals surface area contributed by atoms with E-state index in [1.807, 2.05) is 52.0 Å². The van der Waals surface area contributed by atoms with Crippen LogP contribution in [0.3, 0.4) is 0 Å². The molecular weight excluding hydrogens is 266 g/mol. The molecule has 0 radical (unpaired) electrons. The second kappa shape index (κ2) is 5.51. The number of carboxylic acids is 1. The first kappa shape index (κ1) is 15.5.